The molecule has 3 aromatic rings. The van der Waals surface area contributed by atoms with Gasteiger partial charge in [0.2, 0.25) is 21.7 Å². The van der Waals surface area contributed by atoms with E-state index in [0.717, 1.165) is 0 Å². The maximum Gasteiger partial charge on any atom is 0.242 e. The SMILES string of the molecule is O=S(=O)(Cc1ccc(Cl)c(Cl)c1)NCc1nc(-c2ccc(Cl)cc2)no1. The number of aromatic nitrogens is 2. The second-order valence-corrected chi connectivity index (χ2v) is 8.40. The molecule has 10 heteroatoms. The van der Waals surface area contributed by atoms with E-state index in [9.17, 15) is 8.42 Å². The molecule has 0 atom stereocenters. The Balaban J connectivity index is 1.64. The Kier molecular flexibility index (Phi) is 5.84. The van der Waals surface area contributed by atoms with E-state index in [4.69, 9.17) is 39.3 Å². The van der Waals surface area contributed by atoms with Crippen molar-refractivity contribution in [1.82, 2.24) is 14.9 Å². The van der Waals surface area contributed by atoms with E-state index in [1.807, 2.05) is 0 Å². The fraction of sp³-hybridized carbons (Fsp3) is 0.125. The standard InChI is InChI=1S/C16H12Cl3N3O3S/c17-12-4-2-11(3-5-12)16-21-15(25-22-16)8-20-26(23,24)9-10-1-6-13(18)14(19)7-10/h1-7,20H,8-9H2. The smallest absolute Gasteiger partial charge is 0.242 e. The van der Waals surface area contributed by atoms with Gasteiger partial charge in [0.1, 0.15) is 0 Å². The van der Waals surface area contributed by atoms with Gasteiger partial charge in [-0.3, -0.25) is 0 Å². The molecule has 26 heavy (non-hydrogen) atoms. The van der Waals surface area contributed by atoms with Crippen molar-refractivity contribution in [2.24, 2.45) is 0 Å². The van der Waals surface area contributed by atoms with Gasteiger partial charge in [-0.15, -0.1) is 0 Å². The van der Waals surface area contributed by atoms with E-state index in [2.05, 4.69) is 14.9 Å². The lowest BCUT2D eigenvalue weighted by Crippen LogP contribution is -2.24. The Morgan fingerprint density at radius 1 is 1.00 bits per heavy atom. The number of rotatable bonds is 6. The van der Waals surface area contributed by atoms with Crippen LogP contribution in [0.5, 0.6) is 0 Å². The quantitative estimate of drug-likeness (QED) is 0.627. The van der Waals surface area contributed by atoms with Gasteiger partial charge in [-0.1, -0.05) is 46.0 Å². The molecule has 0 fully saturated rings. The van der Waals surface area contributed by atoms with Crippen LogP contribution in [-0.4, -0.2) is 18.6 Å². The maximum atomic E-state index is 12.2. The van der Waals surface area contributed by atoms with Gasteiger partial charge in [-0.25, -0.2) is 13.1 Å². The first-order chi connectivity index (χ1) is 12.3. The zero-order valence-electron chi connectivity index (χ0n) is 13.1. The number of halogens is 3. The van der Waals surface area contributed by atoms with Crippen molar-refractivity contribution in [2.45, 2.75) is 12.3 Å². The first kappa shape index (κ1) is 19.1. The van der Waals surface area contributed by atoms with E-state index in [0.29, 0.717) is 32.0 Å². The summed E-state index contributed by atoms with van der Waals surface area (Å²) in [6.07, 6.45) is 0. The second kappa shape index (κ2) is 7.94. The molecule has 3 rings (SSSR count). The average Bonchev–Trinajstić information content (AvgIpc) is 3.06. The molecular formula is C16H12Cl3N3O3S. The average molecular weight is 433 g/mol. The molecule has 0 unspecified atom stereocenters. The first-order valence-electron chi connectivity index (χ1n) is 7.32. The highest BCUT2D eigenvalue weighted by atomic mass is 35.5. The Bertz CT molecular complexity index is 1020. The van der Waals surface area contributed by atoms with Crippen LogP contribution in [0.15, 0.2) is 47.0 Å². The highest BCUT2D eigenvalue weighted by molar-refractivity contribution is 7.88. The van der Waals surface area contributed by atoms with Crippen LogP contribution in [0.4, 0.5) is 0 Å². The summed E-state index contributed by atoms with van der Waals surface area (Å²) in [5.41, 5.74) is 1.22. The molecule has 0 aliphatic heterocycles. The molecule has 2 aromatic carbocycles. The Morgan fingerprint density at radius 3 is 2.42 bits per heavy atom. The molecule has 0 aliphatic rings. The van der Waals surface area contributed by atoms with Crippen molar-refractivity contribution in [3.8, 4) is 11.4 Å². The lowest BCUT2D eigenvalue weighted by molar-refractivity contribution is 0.376. The molecule has 0 saturated heterocycles. The number of nitrogens with zero attached hydrogens (tertiary/aromatic N) is 2. The van der Waals surface area contributed by atoms with Crippen LogP contribution in [0.2, 0.25) is 15.1 Å². The van der Waals surface area contributed by atoms with Crippen LogP contribution in [-0.2, 0) is 22.3 Å². The van der Waals surface area contributed by atoms with E-state index >= 15 is 0 Å². The minimum atomic E-state index is -3.62. The minimum Gasteiger partial charge on any atom is -0.338 e. The van der Waals surface area contributed by atoms with E-state index in [-0.39, 0.29) is 18.2 Å². The molecule has 6 nitrogen and oxygen atoms in total. The normalized spacial score (nSPS) is 11.7. The highest BCUT2D eigenvalue weighted by Gasteiger charge is 2.15. The summed E-state index contributed by atoms with van der Waals surface area (Å²) in [6, 6.07) is 11.5. The maximum absolute atomic E-state index is 12.2. The number of hydrogen-bond donors (Lipinski definition) is 1. The topological polar surface area (TPSA) is 85.1 Å². The van der Waals surface area contributed by atoms with Gasteiger partial charge in [-0.2, -0.15) is 4.98 Å². The predicted octanol–water partition coefficient (Wildman–Crippen LogP) is 4.32. The molecule has 0 saturated carbocycles. The Morgan fingerprint density at radius 2 is 1.73 bits per heavy atom. The molecule has 136 valence electrons. The molecule has 1 N–H and O–H groups in total. The summed E-state index contributed by atoms with van der Waals surface area (Å²) < 4.78 is 31.9. The van der Waals surface area contributed by atoms with Crippen LogP contribution in [0.3, 0.4) is 0 Å². The first-order valence-corrected chi connectivity index (χ1v) is 10.1. The molecule has 1 heterocycles. The molecular weight excluding hydrogens is 421 g/mol. The van der Waals surface area contributed by atoms with Crippen molar-refractivity contribution in [3.05, 3.63) is 69.0 Å². The van der Waals surface area contributed by atoms with Gasteiger partial charge in [0.25, 0.3) is 0 Å². The van der Waals surface area contributed by atoms with Crippen molar-refractivity contribution in [3.63, 3.8) is 0 Å². The van der Waals surface area contributed by atoms with E-state index < -0.39 is 10.0 Å². The summed E-state index contributed by atoms with van der Waals surface area (Å²) >= 11 is 17.6. The predicted molar refractivity (Wildman–Crippen MR) is 101 cm³/mol. The summed E-state index contributed by atoms with van der Waals surface area (Å²) in [5.74, 6) is 0.246. The molecule has 0 amide bonds. The summed E-state index contributed by atoms with van der Waals surface area (Å²) in [4.78, 5) is 4.16. The molecule has 0 aliphatic carbocycles. The fourth-order valence-corrected chi connectivity index (χ4v) is 3.62. The van der Waals surface area contributed by atoms with E-state index in [1.54, 1.807) is 36.4 Å². The number of hydrogen-bond acceptors (Lipinski definition) is 5. The van der Waals surface area contributed by atoms with E-state index in [1.165, 1.54) is 6.07 Å². The van der Waals surface area contributed by atoms with Gasteiger partial charge in [-0.05, 0) is 42.0 Å². The number of sulfonamides is 1. The van der Waals surface area contributed by atoms with Crippen LogP contribution in [0.1, 0.15) is 11.5 Å². The summed E-state index contributed by atoms with van der Waals surface area (Å²) in [6.45, 7) is -0.121. The second-order valence-electron chi connectivity index (χ2n) is 5.35. The largest absolute Gasteiger partial charge is 0.338 e. The monoisotopic (exact) mass is 431 g/mol. The summed E-state index contributed by atoms with van der Waals surface area (Å²) in [5, 5.41) is 5.07. The van der Waals surface area contributed by atoms with Gasteiger partial charge >= 0.3 is 0 Å². The third-order valence-corrected chi connectivity index (χ3v) is 5.64. The number of nitrogens with one attached hydrogen (secondary N) is 1. The van der Waals surface area contributed by atoms with Crippen LogP contribution >= 0.6 is 34.8 Å². The Hall–Kier alpha value is -1.64. The molecule has 0 spiro atoms. The van der Waals surface area contributed by atoms with Gasteiger partial charge in [0.15, 0.2) is 0 Å². The van der Waals surface area contributed by atoms with Crippen molar-refractivity contribution in [1.29, 1.82) is 0 Å². The third-order valence-electron chi connectivity index (χ3n) is 3.35. The van der Waals surface area contributed by atoms with Crippen LogP contribution in [0.25, 0.3) is 11.4 Å². The fourth-order valence-electron chi connectivity index (χ4n) is 2.11. The van der Waals surface area contributed by atoms with Gasteiger partial charge < -0.3 is 4.52 Å². The lowest BCUT2D eigenvalue weighted by atomic mass is 10.2. The van der Waals surface area contributed by atoms with Gasteiger partial charge in [0, 0.05) is 10.6 Å². The van der Waals surface area contributed by atoms with Crippen molar-refractivity contribution < 1.29 is 12.9 Å². The van der Waals surface area contributed by atoms with Crippen LogP contribution < -0.4 is 4.72 Å². The lowest BCUT2D eigenvalue weighted by Gasteiger charge is -2.05. The zero-order valence-corrected chi connectivity index (χ0v) is 16.2. The summed E-state index contributed by atoms with van der Waals surface area (Å²) in [7, 11) is -3.62. The minimum absolute atomic E-state index is 0.121. The highest BCUT2D eigenvalue weighted by Crippen LogP contribution is 2.23. The Labute approximate surface area is 165 Å². The molecule has 1 aromatic heterocycles. The third kappa shape index (κ3) is 4.96. The zero-order chi connectivity index (χ0) is 18.7. The number of benzene rings is 2. The van der Waals surface area contributed by atoms with Crippen molar-refractivity contribution in [2.75, 3.05) is 0 Å². The van der Waals surface area contributed by atoms with Crippen molar-refractivity contribution >= 4 is 44.8 Å². The molecule has 0 radical (unpaired) electrons. The molecule has 0 bridgehead atoms. The van der Waals surface area contributed by atoms with Crippen LogP contribution in [0, 0.1) is 0 Å². The van der Waals surface area contributed by atoms with Gasteiger partial charge in [0.05, 0.1) is 22.3 Å².